The van der Waals surface area contributed by atoms with E-state index in [9.17, 15) is 9.90 Å². The molecule has 0 saturated heterocycles. The lowest BCUT2D eigenvalue weighted by atomic mass is 9.94. The van der Waals surface area contributed by atoms with Gasteiger partial charge in [-0.2, -0.15) is 0 Å². The number of nitrogens with two attached hydrogens (primary N) is 1. The molecule has 4 heteroatoms. The van der Waals surface area contributed by atoms with Gasteiger partial charge in [-0.1, -0.05) is 25.5 Å². The Morgan fingerprint density at radius 3 is 2.60 bits per heavy atom. The maximum Gasteiger partial charge on any atom is 0.242 e. The van der Waals surface area contributed by atoms with Crippen molar-refractivity contribution in [3.05, 3.63) is 29.8 Å². The first-order valence-electron chi connectivity index (χ1n) is 7.22. The zero-order chi connectivity index (χ0) is 15.3. The van der Waals surface area contributed by atoms with E-state index in [1.54, 1.807) is 30.0 Å². The molecule has 2 atom stereocenters. The van der Waals surface area contributed by atoms with Crippen molar-refractivity contribution < 1.29 is 9.90 Å². The van der Waals surface area contributed by atoms with Crippen LogP contribution < -0.4 is 5.73 Å². The maximum atomic E-state index is 12.6. The van der Waals surface area contributed by atoms with Gasteiger partial charge in [-0.15, -0.1) is 0 Å². The minimum atomic E-state index is -0.837. The van der Waals surface area contributed by atoms with Crippen molar-refractivity contribution >= 4 is 5.91 Å². The molecule has 0 aliphatic rings. The van der Waals surface area contributed by atoms with Gasteiger partial charge in [0.2, 0.25) is 5.91 Å². The average Bonchev–Trinajstić information content (AvgIpc) is 2.39. The molecule has 0 aromatic heterocycles. The average molecular weight is 278 g/mol. The van der Waals surface area contributed by atoms with E-state index in [1.807, 2.05) is 26.8 Å². The summed E-state index contributed by atoms with van der Waals surface area (Å²) in [6.45, 7) is 8.30. The van der Waals surface area contributed by atoms with E-state index in [0.717, 1.165) is 12.0 Å². The quantitative estimate of drug-likeness (QED) is 0.841. The highest BCUT2D eigenvalue weighted by Crippen LogP contribution is 2.26. The van der Waals surface area contributed by atoms with Gasteiger partial charge in [0.15, 0.2) is 0 Å². The molecule has 0 heterocycles. The van der Waals surface area contributed by atoms with Crippen molar-refractivity contribution in [1.82, 2.24) is 4.90 Å². The maximum absolute atomic E-state index is 12.6. The molecule has 0 radical (unpaired) electrons. The Kier molecular flexibility index (Phi) is 5.57. The summed E-state index contributed by atoms with van der Waals surface area (Å²) in [4.78, 5) is 14.4. The summed E-state index contributed by atoms with van der Waals surface area (Å²) in [6.07, 6.45) is 1.53. The summed E-state index contributed by atoms with van der Waals surface area (Å²) in [5.41, 5.74) is 6.22. The van der Waals surface area contributed by atoms with Gasteiger partial charge in [0.05, 0.1) is 11.6 Å². The van der Waals surface area contributed by atoms with Gasteiger partial charge in [-0.3, -0.25) is 4.79 Å². The van der Waals surface area contributed by atoms with Crippen LogP contribution in [0, 0.1) is 0 Å². The highest BCUT2D eigenvalue weighted by atomic mass is 16.3. The van der Waals surface area contributed by atoms with Gasteiger partial charge in [0.1, 0.15) is 5.75 Å². The molecule has 0 aliphatic carbocycles. The number of carbonyl (C=O) groups is 1. The highest BCUT2D eigenvalue weighted by molar-refractivity contribution is 5.86. The van der Waals surface area contributed by atoms with Crippen LogP contribution in [0.2, 0.25) is 0 Å². The molecule has 3 N–H and O–H groups in total. The topological polar surface area (TPSA) is 66.6 Å². The third-order valence-corrected chi connectivity index (χ3v) is 3.68. The fourth-order valence-electron chi connectivity index (χ4n) is 2.51. The first-order valence-corrected chi connectivity index (χ1v) is 7.22. The van der Waals surface area contributed by atoms with Gasteiger partial charge in [0.25, 0.3) is 0 Å². The Morgan fingerprint density at radius 2 is 2.10 bits per heavy atom. The molecule has 0 saturated carbocycles. The van der Waals surface area contributed by atoms with Gasteiger partial charge in [-0.25, -0.2) is 0 Å². The summed E-state index contributed by atoms with van der Waals surface area (Å²) >= 11 is 0. The van der Waals surface area contributed by atoms with Crippen LogP contribution in [0.15, 0.2) is 24.3 Å². The molecule has 1 aromatic rings. The Hall–Kier alpha value is -1.55. The van der Waals surface area contributed by atoms with Crippen LogP contribution >= 0.6 is 0 Å². The van der Waals surface area contributed by atoms with Crippen molar-refractivity contribution in [3.63, 3.8) is 0 Å². The predicted molar refractivity (Wildman–Crippen MR) is 81.4 cm³/mol. The number of hydrogen-bond acceptors (Lipinski definition) is 3. The van der Waals surface area contributed by atoms with Gasteiger partial charge < -0.3 is 15.7 Å². The Balaban J connectivity index is 2.98. The normalized spacial score (nSPS) is 15.4. The molecule has 1 aromatic carbocycles. The molecule has 1 amide bonds. The second-order valence-electron chi connectivity index (χ2n) is 5.53. The van der Waals surface area contributed by atoms with E-state index in [-0.39, 0.29) is 17.7 Å². The summed E-state index contributed by atoms with van der Waals surface area (Å²) in [7, 11) is 0. The van der Waals surface area contributed by atoms with Crippen molar-refractivity contribution in [1.29, 1.82) is 0 Å². The number of nitrogens with zero attached hydrogens (tertiary/aromatic N) is 1. The lowest BCUT2D eigenvalue weighted by Gasteiger charge is -2.35. The van der Waals surface area contributed by atoms with Crippen molar-refractivity contribution in [2.45, 2.75) is 52.1 Å². The number of carbonyl (C=O) groups excluding carboxylic acids is 1. The van der Waals surface area contributed by atoms with Gasteiger partial charge in [0, 0.05) is 6.54 Å². The first kappa shape index (κ1) is 16.5. The Morgan fingerprint density at radius 1 is 1.45 bits per heavy atom. The van der Waals surface area contributed by atoms with Crippen LogP contribution in [0.4, 0.5) is 0 Å². The second-order valence-corrected chi connectivity index (χ2v) is 5.53. The second kappa shape index (κ2) is 6.75. The summed E-state index contributed by atoms with van der Waals surface area (Å²) < 4.78 is 0. The molecular weight excluding hydrogens is 252 g/mol. The van der Waals surface area contributed by atoms with E-state index < -0.39 is 5.54 Å². The molecule has 1 rings (SSSR count). The number of phenols is 1. The predicted octanol–water partition coefficient (Wildman–Crippen LogP) is 2.82. The molecular formula is C16H26N2O2. The van der Waals surface area contributed by atoms with Crippen LogP contribution in [-0.2, 0) is 4.79 Å². The van der Waals surface area contributed by atoms with Gasteiger partial charge in [-0.05, 0) is 44.9 Å². The highest BCUT2D eigenvalue weighted by Gasteiger charge is 2.33. The summed E-state index contributed by atoms with van der Waals surface area (Å²) in [5, 5.41) is 9.57. The van der Waals surface area contributed by atoms with Crippen molar-refractivity contribution in [2.24, 2.45) is 5.73 Å². The summed E-state index contributed by atoms with van der Waals surface area (Å²) in [5.74, 6) is 0.166. The fourth-order valence-corrected chi connectivity index (χ4v) is 2.51. The minimum Gasteiger partial charge on any atom is -0.508 e. The van der Waals surface area contributed by atoms with E-state index in [4.69, 9.17) is 5.73 Å². The van der Waals surface area contributed by atoms with E-state index in [2.05, 4.69) is 0 Å². The molecule has 0 spiro atoms. The van der Waals surface area contributed by atoms with Crippen LogP contribution in [0.1, 0.15) is 52.1 Å². The first-order chi connectivity index (χ1) is 9.33. The zero-order valence-electron chi connectivity index (χ0n) is 12.9. The van der Waals surface area contributed by atoms with E-state index >= 15 is 0 Å². The smallest absolute Gasteiger partial charge is 0.242 e. The molecule has 0 aliphatic heterocycles. The number of aromatic hydroxyl groups is 1. The lowest BCUT2D eigenvalue weighted by Crippen LogP contribution is -2.53. The number of likely N-dealkylation sites (N-methyl/N-ethyl adjacent to an activating group) is 1. The number of benzene rings is 1. The van der Waals surface area contributed by atoms with Crippen LogP contribution in [0.5, 0.6) is 5.75 Å². The molecule has 112 valence electrons. The fraction of sp³-hybridized carbons (Fsp3) is 0.562. The standard InChI is InChI=1S/C16H26N2O2/c1-5-10-16(4,17)15(20)18(6-2)12(3)13-8-7-9-14(19)11-13/h7-9,11-12,19H,5-6,10,17H2,1-4H3. The van der Waals surface area contributed by atoms with Crippen LogP contribution in [0.3, 0.4) is 0 Å². The summed E-state index contributed by atoms with van der Waals surface area (Å²) in [6, 6.07) is 6.90. The van der Waals surface area contributed by atoms with Gasteiger partial charge >= 0.3 is 0 Å². The minimum absolute atomic E-state index is 0.0438. The van der Waals surface area contributed by atoms with Crippen molar-refractivity contribution in [2.75, 3.05) is 6.54 Å². The number of amides is 1. The lowest BCUT2D eigenvalue weighted by molar-refractivity contribution is -0.138. The third-order valence-electron chi connectivity index (χ3n) is 3.68. The third kappa shape index (κ3) is 3.73. The number of phenolic OH excluding ortho intramolecular Hbond substituents is 1. The van der Waals surface area contributed by atoms with Crippen LogP contribution in [0.25, 0.3) is 0 Å². The van der Waals surface area contributed by atoms with E-state index in [0.29, 0.717) is 13.0 Å². The largest absolute Gasteiger partial charge is 0.508 e. The molecule has 0 bridgehead atoms. The SMILES string of the molecule is CCCC(C)(N)C(=O)N(CC)C(C)c1cccc(O)c1. The molecule has 20 heavy (non-hydrogen) atoms. The van der Waals surface area contributed by atoms with Crippen molar-refractivity contribution in [3.8, 4) is 5.75 Å². The molecule has 4 nitrogen and oxygen atoms in total. The number of hydrogen-bond donors (Lipinski definition) is 2. The number of rotatable bonds is 6. The van der Waals surface area contributed by atoms with Crippen LogP contribution in [-0.4, -0.2) is 28.0 Å². The zero-order valence-corrected chi connectivity index (χ0v) is 12.9. The van der Waals surface area contributed by atoms with E-state index in [1.165, 1.54) is 0 Å². The molecule has 0 fully saturated rings. The molecule has 2 unspecified atom stereocenters. The Bertz CT molecular complexity index is 458. The Labute approximate surface area is 121 Å². The monoisotopic (exact) mass is 278 g/mol.